The predicted molar refractivity (Wildman–Crippen MR) is 78.1 cm³/mol. The molecule has 0 bridgehead atoms. The molecule has 0 radical (unpaired) electrons. The van der Waals surface area contributed by atoms with E-state index in [1.807, 2.05) is 6.07 Å². The fraction of sp³-hybridized carbons (Fsp3) is 0.133. The summed E-state index contributed by atoms with van der Waals surface area (Å²) >= 11 is 0. The number of aryl methyl sites for hydroxylation is 1. The van der Waals surface area contributed by atoms with Crippen molar-refractivity contribution >= 4 is 17.5 Å². The lowest BCUT2D eigenvalue weighted by atomic mass is 10.1. The Morgan fingerprint density at radius 3 is 2.57 bits per heavy atom. The molecular formula is C15H14N2O4. The van der Waals surface area contributed by atoms with Crippen LogP contribution in [0.5, 0.6) is 0 Å². The van der Waals surface area contributed by atoms with E-state index in [2.05, 4.69) is 5.32 Å². The molecule has 108 valence electrons. The van der Waals surface area contributed by atoms with Gasteiger partial charge in [0.25, 0.3) is 5.69 Å². The van der Waals surface area contributed by atoms with Crippen LogP contribution in [0.1, 0.15) is 11.1 Å². The number of carbonyl (C=O) groups excluding carboxylic acids is 1. The van der Waals surface area contributed by atoms with Gasteiger partial charge in [-0.1, -0.05) is 18.2 Å². The number of hydrogen-bond donors (Lipinski definition) is 1. The van der Waals surface area contributed by atoms with Gasteiger partial charge >= 0.3 is 6.09 Å². The smallest absolute Gasteiger partial charge is 0.411 e. The van der Waals surface area contributed by atoms with Crippen LogP contribution >= 0.6 is 0 Å². The molecule has 0 aliphatic rings. The van der Waals surface area contributed by atoms with E-state index in [0.717, 1.165) is 5.56 Å². The topological polar surface area (TPSA) is 81.5 Å². The molecule has 0 saturated carbocycles. The lowest BCUT2D eigenvalue weighted by molar-refractivity contribution is -0.384. The number of benzene rings is 2. The van der Waals surface area contributed by atoms with Gasteiger partial charge in [0.2, 0.25) is 0 Å². The Hall–Kier alpha value is -2.89. The highest BCUT2D eigenvalue weighted by Gasteiger charge is 2.10. The maximum Gasteiger partial charge on any atom is 0.411 e. The molecule has 0 heterocycles. The van der Waals surface area contributed by atoms with Gasteiger partial charge in [-0.25, -0.2) is 4.79 Å². The highest BCUT2D eigenvalue weighted by molar-refractivity contribution is 5.84. The molecule has 2 rings (SSSR count). The zero-order chi connectivity index (χ0) is 15.2. The molecule has 0 aromatic heterocycles. The second-order valence-corrected chi connectivity index (χ2v) is 4.44. The van der Waals surface area contributed by atoms with Gasteiger partial charge in [0.1, 0.15) is 6.61 Å². The number of amides is 1. The minimum absolute atomic E-state index is 0.0185. The average Bonchev–Trinajstić information content (AvgIpc) is 2.47. The highest BCUT2D eigenvalue weighted by atomic mass is 16.6. The summed E-state index contributed by atoms with van der Waals surface area (Å²) in [6.07, 6.45) is -0.570. The Kier molecular flexibility index (Phi) is 4.50. The van der Waals surface area contributed by atoms with Gasteiger partial charge in [-0.05, 0) is 36.2 Å². The van der Waals surface area contributed by atoms with Crippen LogP contribution in [0, 0.1) is 17.0 Å². The van der Waals surface area contributed by atoms with Crippen molar-refractivity contribution in [3.63, 3.8) is 0 Å². The maximum absolute atomic E-state index is 11.6. The molecule has 6 heteroatoms. The number of nitrogens with zero attached hydrogens (tertiary/aromatic N) is 1. The van der Waals surface area contributed by atoms with Gasteiger partial charge in [0.05, 0.1) is 4.92 Å². The van der Waals surface area contributed by atoms with Gasteiger partial charge < -0.3 is 4.74 Å². The fourth-order valence-electron chi connectivity index (χ4n) is 1.77. The van der Waals surface area contributed by atoms with Crippen molar-refractivity contribution in [3.8, 4) is 0 Å². The highest BCUT2D eigenvalue weighted by Crippen LogP contribution is 2.18. The Morgan fingerprint density at radius 1 is 1.24 bits per heavy atom. The molecule has 0 saturated heterocycles. The molecule has 0 spiro atoms. The van der Waals surface area contributed by atoms with E-state index in [1.54, 1.807) is 37.3 Å². The van der Waals surface area contributed by atoms with Crippen LogP contribution in [0.25, 0.3) is 0 Å². The van der Waals surface area contributed by atoms with E-state index in [-0.39, 0.29) is 12.3 Å². The van der Waals surface area contributed by atoms with Gasteiger partial charge in [0, 0.05) is 17.8 Å². The summed E-state index contributed by atoms with van der Waals surface area (Å²) in [7, 11) is 0. The molecule has 1 amide bonds. The van der Waals surface area contributed by atoms with Crippen molar-refractivity contribution in [1.82, 2.24) is 0 Å². The summed E-state index contributed by atoms with van der Waals surface area (Å²) in [5.74, 6) is 0. The largest absolute Gasteiger partial charge is 0.444 e. The summed E-state index contributed by atoms with van der Waals surface area (Å²) in [5, 5.41) is 13.2. The molecule has 0 unspecified atom stereocenters. The minimum atomic E-state index is -0.570. The third-order valence-electron chi connectivity index (χ3n) is 2.92. The van der Waals surface area contributed by atoms with E-state index in [9.17, 15) is 14.9 Å². The molecule has 2 aromatic carbocycles. The number of carbonyl (C=O) groups is 1. The zero-order valence-electron chi connectivity index (χ0n) is 11.4. The Labute approximate surface area is 121 Å². The van der Waals surface area contributed by atoms with E-state index in [1.165, 1.54) is 12.1 Å². The zero-order valence-corrected chi connectivity index (χ0v) is 11.4. The van der Waals surface area contributed by atoms with Crippen LogP contribution < -0.4 is 5.32 Å². The van der Waals surface area contributed by atoms with Crippen molar-refractivity contribution in [2.45, 2.75) is 13.5 Å². The quantitative estimate of drug-likeness (QED) is 0.687. The van der Waals surface area contributed by atoms with Gasteiger partial charge in [-0.3, -0.25) is 15.4 Å². The minimum Gasteiger partial charge on any atom is -0.444 e. The second kappa shape index (κ2) is 6.51. The van der Waals surface area contributed by atoms with Crippen molar-refractivity contribution in [2.75, 3.05) is 5.32 Å². The fourth-order valence-corrected chi connectivity index (χ4v) is 1.77. The molecule has 0 atom stereocenters. The second-order valence-electron chi connectivity index (χ2n) is 4.44. The Bertz CT molecular complexity index is 656. The molecule has 0 aliphatic carbocycles. The monoisotopic (exact) mass is 286 g/mol. The van der Waals surface area contributed by atoms with E-state index in [0.29, 0.717) is 11.3 Å². The summed E-state index contributed by atoms with van der Waals surface area (Å²) in [5.41, 5.74) is 2.09. The van der Waals surface area contributed by atoms with E-state index < -0.39 is 11.0 Å². The SMILES string of the molecule is Cc1cc([N+](=O)[O-])ccc1COC(=O)Nc1ccccc1. The summed E-state index contributed by atoms with van der Waals surface area (Å²) in [6, 6.07) is 13.4. The lowest BCUT2D eigenvalue weighted by Gasteiger charge is -2.08. The number of ether oxygens (including phenoxy) is 1. The first-order chi connectivity index (χ1) is 10.1. The number of nitrogens with one attached hydrogen (secondary N) is 1. The number of nitro benzene ring substituents is 1. The molecule has 2 aromatic rings. The summed E-state index contributed by atoms with van der Waals surface area (Å²) in [4.78, 5) is 21.8. The molecule has 21 heavy (non-hydrogen) atoms. The van der Waals surface area contributed by atoms with Gasteiger partial charge in [0.15, 0.2) is 0 Å². The number of rotatable bonds is 4. The van der Waals surface area contributed by atoms with Crippen molar-refractivity contribution in [1.29, 1.82) is 0 Å². The Balaban J connectivity index is 1.94. The molecule has 6 nitrogen and oxygen atoms in total. The number of hydrogen-bond acceptors (Lipinski definition) is 4. The van der Waals surface area contributed by atoms with Crippen LogP contribution in [-0.4, -0.2) is 11.0 Å². The average molecular weight is 286 g/mol. The standard InChI is InChI=1S/C15H14N2O4/c1-11-9-14(17(19)20)8-7-12(11)10-21-15(18)16-13-5-3-2-4-6-13/h2-9H,10H2,1H3,(H,16,18). The van der Waals surface area contributed by atoms with Crippen LogP contribution in [0.15, 0.2) is 48.5 Å². The third kappa shape index (κ3) is 4.04. The first-order valence-electron chi connectivity index (χ1n) is 6.29. The van der Waals surface area contributed by atoms with Crippen molar-refractivity contribution in [3.05, 3.63) is 69.8 Å². The first-order valence-corrected chi connectivity index (χ1v) is 6.29. The normalized spacial score (nSPS) is 9.95. The lowest BCUT2D eigenvalue weighted by Crippen LogP contribution is -2.13. The van der Waals surface area contributed by atoms with E-state index >= 15 is 0 Å². The number of anilines is 1. The van der Waals surface area contributed by atoms with Crippen LogP contribution in [0.2, 0.25) is 0 Å². The number of nitro groups is 1. The van der Waals surface area contributed by atoms with Gasteiger partial charge in [-0.15, -0.1) is 0 Å². The first kappa shape index (κ1) is 14.5. The van der Waals surface area contributed by atoms with Crippen molar-refractivity contribution in [2.24, 2.45) is 0 Å². The maximum atomic E-state index is 11.6. The number of non-ortho nitro benzene ring substituents is 1. The van der Waals surface area contributed by atoms with Crippen LogP contribution in [-0.2, 0) is 11.3 Å². The van der Waals surface area contributed by atoms with Gasteiger partial charge in [-0.2, -0.15) is 0 Å². The summed E-state index contributed by atoms with van der Waals surface area (Å²) < 4.78 is 5.09. The molecule has 0 fully saturated rings. The molecular weight excluding hydrogens is 272 g/mol. The third-order valence-corrected chi connectivity index (χ3v) is 2.92. The van der Waals surface area contributed by atoms with Crippen LogP contribution in [0.3, 0.4) is 0 Å². The molecule has 0 aliphatic heterocycles. The molecule has 1 N–H and O–H groups in total. The Morgan fingerprint density at radius 2 is 1.95 bits per heavy atom. The van der Waals surface area contributed by atoms with E-state index in [4.69, 9.17) is 4.74 Å². The predicted octanol–water partition coefficient (Wildman–Crippen LogP) is 3.65. The number of para-hydroxylation sites is 1. The van der Waals surface area contributed by atoms with Crippen molar-refractivity contribution < 1.29 is 14.5 Å². The van der Waals surface area contributed by atoms with Crippen LogP contribution in [0.4, 0.5) is 16.2 Å². The summed E-state index contributed by atoms with van der Waals surface area (Å²) in [6.45, 7) is 1.79.